The number of carbonyl (C=O) groups is 2. The molecule has 3 N–H and O–H groups in total. The van der Waals surface area contributed by atoms with E-state index >= 15 is 0 Å². The van der Waals surface area contributed by atoms with E-state index in [0.717, 1.165) is 0 Å². The van der Waals surface area contributed by atoms with E-state index in [-0.39, 0.29) is 24.3 Å². The van der Waals surface area contributed by atoms with Crippen LogP contribution in [0.5, 0.6) is 0 Å². The molecule has 1 fully saturated rings. The Morgan fingerprint density at radius 2 is 1.73 bits per heavy atom. The molecule has 0 aliphatic carbocycles. The number of rotatable bonds is 4. The quantitative estimate of drug-likeness (QED) is 0.862. The topological polar surface area (TPSA) is 75.4 Å². The fourth-order valence-corrected chi connectivity index (χ4v) is 3.33. The van der Waals surface area contributed by atoms with Crippen LogP contribution in [0.15, 0.2) is 12.1 Å². The maximum Gasteiger partial charge on any atom is 0.238 e. The van der Waals surface area contributed by atoms with Crippen molar-refractivity contribution in [2.75, 3.05) is 25.0 Å². The van der Waals surface area contributed by atoms with Gasteiger partial charge in [-0.2, -0.15) is 0 Å². The lowest BCUT2D eigenvalue weighted by molar-refractivity contribution is -0.123. The molecule has 1 saturated heterocycles. The lowest BCUT2D eigenvalue weighted by atomic mass is 9.96. The molecule has 1 aliphatic rings. The van der Waals surface area contributed by atoms with Crippen molar-refractivity contribution in [3.05, 3.63) is 27.2 Å². The number of benzene rings is 1. The van der Waals surface area contributed by atoms with Gasteiger partial charge in [-0.05, 0) is 38.1 Å². The smallest absolute Gasteiger partial charge is 0.238 e. The summed E-state index contributed by atoms with van der Waals surface area (Å²) in [4.78, 5) is 25.2. The number of halogens is 3. The number of amides is 2. The number of nitrogens with zero attached hydrogens (tertiary/aromatic N) is 1. The highest BCUT2D eigenvalue weighted by atomic mass is 35.5. The van der Waals surface area contributed by atoms with Crippen molar-refractivity contribution in [3.8, 4) is 0 Å². The summed E-state index contributed by atoms with van der Waals surface area (Å²) in [6, 6.07) is 3.03. The van der Waals surface area contributed by atoms with E-state index in [4.69, 9.17) is 40.5 Å². The summed E-state index contributed by atoms with van der Waals surface area (Å²) in [7, 11) is 0. The first-order chi connectivity index (χ1) is 10.4. The highest BCUT2D eigenvalue weighted by Gasteiger charge is 2.24. The van der Waals surface area contributed by atoms with Gasteiger partial charge < -0.3 is 11.1 Å². The average Bonchev–Trinajstić information content (AvgIpc) is 2.43. The minimum Gasteiger partial charge on any atom is -0.369 e. The highest BCUT2D eigenvalue weighted by molar-refractivity contribution is 6.42. The summed E-state index contributed by atoms with van der Waals surface area (Å²) < 4.78 is 0. The van der Waals surface area contributed by atoms with E-state index in [1.807, 2.05) is 4.90 Å². The Morgan fingerprint density at radius 1 is 1.18 bits per heavy atom. The zero-order valence-corrected chi connectivity index (χ0v) is 14.0. The zero-order valence-electron chi connectivity index (χ0n) is 11.7. The minimum atomic E-state index is -0.274. The highest BCUT2D eigenvalue weighted by Crippen LogP contribution is 2.33. The van der Waals surface area contributed by atoms with Gasteiger partial charge in [-0.15, -0.1) is 0 Å². The Balaban J connectivity index is 1.90. The van der Waals surface area contributed by atoms with Crippen LogP contribution in [0.2, 0.25) is 15.1 Å². The van der Waals surface area contributed by atoms with Gasteiger partial charge >= 0.3 is 0 Å². The van der Waals surface area contributed by atoms with Gasteiger partial charge in [0.2, 0.25) is 11.8 Å². The normalized spacial score (nSPS) is 16.5. The molecule has 0 atom stereocenters. The molecule has 8 heteroatoms. The van der Waals surface area contributed by atoms with E-state index < -0.39 is 0 Å². The molecule has 1 aliphatic heterocycles. The standard InChI is InChI=1S/C14H16Cl3N3O2/c15-9-5-10(16)13(11(17)6-9)19-12(21)7-20-3-1-8(2-4-20)14(18)22/h5-6,8H,1-4,7H2,(H2,18,22)(H,19,21). The molecule has 0 spiro atoms. The number of anilines is 1. The van der Waals surface area contributed by atoms with E-state index in [0.29, 0.717) is 46.7 Å². The Morgan fingerprint density at radius 3 is 2.23 bits per heavy atom. The molecule has 2 rings (SSSR count). The maximum atomic E-state index is 12.1. The number of piperidine rings is 1. The largest absolute Gasteiger partial charge is 0.369 e. The van der Waals surface area contributed by atoms with Gasteiger partial charge in [0, 0.05) is 10.9 Å². The van der Waals surface area contributed by atoms with Crippen molar-refractivity contribution >= 4 is 52.3 Å². The van der Waals surface area contributed by atoms with E-state index in [1.54, 1.807) is 0 Å². The Hall–Kier alpha value is -1.01. The number of hydrogen-bond donors (Lipinski definition) is 2. The van der Waals surface area contributed by atoms with Crippen LogP contribution in [0, 0.1) is 5.92 Å². The van der Waals surface area contributed by atoms with Crippen molar-refractivity contribution in [2.45, 2.75) is 12.8 Å². The maximum absolute atomic E-state index is 12.1. The lowest BCUT2D eigenvalue weighted by Crippen LogP contribution is -2.42. The van der Waals surface area contributed by atoms with Crippen LogP contribution in [-0.4, -0.2) is 36.3 Å². The number of carbonyl (C=O) groups excluding carboxylic acids is 2. The zero-order chi connectivity index (χ0) is 16.3. The van der Waals surface area contributed by atoms with Crippen LogP contribution >= 0.6 is 34.8 Å². The summed E-state index contributed by atoms with van der Waals surface area (Å²) in [6.45, 7) is 1.52. The second-order valence-electron chi connectivity index (χ2n) is 5.25. The number of primary amides is 1. The first kappa shape index (κ1) is 17.3. The Kier molecular flexibility index (Phi) is 5.92. The van der Waals surface area contributed by atoms with Gasteiger partial charge in [0.05, 0.1) is 22.3 Å². The third-order valence-corrected chi connectivity index (χ3v) is 4.44. The number of nitrogens with one attached hydrogen (secondary N) is 1. The molecule has 0 aromatic heterocycles. The summed E-state index contributed by atoms with van der Waals surface area (Å²) in [5.41, 5.74) is 5.64. The fraction of sp³-hybridized carbons (Fsp3) is 0.429. The van der Waals surface area contributed by atoms with Gasteiger partial charge in [0.25, 0.3) is 0 Å². The molecular formula is C14H16Cl3N3O2. The molecule has 0 unspecified atom stereocenters. The van der Waals surface area contributed by atoms with Crippen molar-refractivity contribution in [2.24, 2.45) is 11.7 Å². The molecule has 1 aromatic rings. The molecule has 120 valence electrons. The summed E-state index contributed by atoms with van der Waals surface area (Å²) in [5, 5.41) is 3.68. The Bertz CT molecular complexity index is 564. The molecule has 0 saturated carbocycles. The van der Waals surface area contributed by atoms with Crippen molar-refractivity contribution in [3.63, 3.8) is 0 Å². The van der Waals surface area contributed by atoms with E-state index in [9.17, 15) is 9.59 Å². The van der Waals surface area contributed by atoms with Crippen LogP contribution in [-0.2, 0) is 9.59 Å². The van der Waals surface area contributed by atoms with Gasteiger partial charge in [-0.3, -0.25) is 14.5 Å². The molecule has 22 heavy (non-hydrogen) atoms. The van der Waals surface area contributed by atoms with E-state index in [2.05, 4.69) is 5.32 Å². The van der Waals surface area contributed by atoms with Crippen LogP contribution in [0.3, 0.4) is 0 Å². The summed E-state index contributed by atoms with van der Waals surface area (Å²) >= 11 is 17.9. The summed E-state index contributed by atoms with van der Waals surface area (Å²) in [5.74, 6) is -0.591. The first-order valence-corrected chi connectivity index (χ1v) is 7.96. The number of likely N-dealkylation sites (tertiary alicyclic amines) is 1. The van der Waals surface area contributed by atoms with Crippen LogP contribution in [0.1, 0.15) is 12.8 Å². The third-order valence-electron chi connectivity index (χ3n) is 3.63. The van der Waals surface area contributed by atoms with Crippen LogP contribution < -0.4 is 11.1 Å². The molecule has 2 amide bonds. The van der Waals surface area contributed by atoms with Crippen molar-refractivity contribution in [1.29, 1.82) is 0 Å². The molecule has 5 nitrogen and oxygen atoms in total. The molecule has 1 aromatic carbocycles. The van der Waals surface area contributed by atoms with Crippen molar-refractivity contribution in [1.82, 2.24) is 4.90 Å². The SMILES string of the molecule is NC(=O)C1CCN(CC(=O)Nc2c(Cl)cc(Cl)cc2Cl)CC1. The molecule has 0 radical (unpaired) electrons. The van der Waals surface area contributed by atoms with Gasteiger partial charge in [0.15, 0.2) is 0 Å². The lowest BCUT2D eigenvalue weighted by Gasteiger charge is -2.29. The number of hydrogen-bond acceptors (Lipinski definition) is 3. The average molecular weight is 365 g/mol. The predicted octanol–water partition coefficient (Wildman–Crippen LogP) is 2.78. The van der Waals surface area contributed by atoms with Gasteiger partial charge in [-0.25, -0.2) is 0 Å². The van der Waals surface area contributed by atoms with Gasteiger partial charge in [0.1, 0.15) is 0 Å². The molecular weight excluding hydrogens is 349 g/mol. The van der Waals surface area contributed by atoms with Crippen LogP contribution in [0.25, 0.3) is 0 Å². The number of nitrogens with two attached hydrogens (primary N) is 1. The second kappa shape index (κ2) is 7.51. The monoisotopic (exact) mass is 363 g/mol. The minimum absolute atomic E-state index is 0.0977. The predicted molar refractivity (Wildman–Crippen MR) is 88.5 cm³/mol. The van der Waals surface area contributed by atoms with Gasteiger partial charge in [-0.1, -0.05) is 34.8 Å². The fourth-order valence-electron chi connectivity index (χ4n) is 2.42. The molecule has 0 bridgehead atoms. The van der Waals surface area contributed by atoms with Crippen molar-refractivity contribution < 1.29 is 9.59 Å². The third kappa shape index (κ3) is 4.49. The van der Waals surface area contributed by atoms with Crippen LogP contribution in [0.4, 0.5) is 5.69 Å². The summed E-state index contributed by atoms with van der Waals surface area (Å²) in [6.07, 6.45) is 1.34. The second-order valence-corrected chi connectivity index (χ2v) is 6.50. The molecule has 1 heterocycles. The first-order valence-electron chi connectivity index (χ1n) is 6.83. The van der Waals surface area contributed by atoms with E-state index in [1.165, 1.54) is 12.1 Å². The Labute approximate surface area is 143 Å².